The zero-order valence-corrected chi connectivity index (χ0v) is 24.0. The van der Waals surface area contributed by atoms with Crippen molar-refractivity contribution in [3.8, 4) is 9.85 Å². The summed E-state index contributed by atoms with van der Waals surface area (Å²) >= 11 is 4.19. The molecule has 0 saturated heterocycles. The summed E-state index contributed by atoms with van der Waals surface area (Å²) in [7, 11) is 0. The number of carbonyl (C=O) groups is 4. The number of hydrogen-bond acceptors (Lipinski definition) is 4. The normalized spacial score (nSPS) is 13.9. The lowest BCUT2D eigenvalue weighted by Crippen LogP contribution is -2.30. The summed E-state index contributed by atoms with van der Waals surface area (Å²) in [5, 5.41) is 0. The van der Waals surface area contributed by atoms with E-state index >= 15 is 0 Å². The molecule has 0 aliphatic carbocycles. The van der Waals surface area contributed by atoms with Crippen molar-refractivity contribution in [1.29, 1.82) is 0 Å². The Labute approximate surface area is 238 Å². The Bertz CT molecular complexity index is 1160. The summed E-state index contributed by atoms with van der Waals surface area (Å²) in [6.07, 6.45) is 7.45. The highest BCUT2D eigenvalue weighted by molar-refractivity contribution is 14.1. The minimum Gasteiger partial charge on any atom is -0.274 e. The van der Waals surface area contributed by atoms with Gasteiger partial charge in [-0.25, -0.2) is 0 Å². The monoisotopic (exact) mass is 708 g/mol. The highest BCUT2D eigenvalue weighted by Crippen LogP contribution is 2.23. The standard InChI is InChI=1S/C14H14INO2.C14H12INO2/c2*15-9-5-1-2-6-10-16-13(17)11-7-3-4-8-12(11)14(16)18/h3-5,7-9H,1-2,6,10H2;3-4,7-8H,1-2,6,10H2/b9-5-;. The van der Waals surface area contributed by atoms with Gasteiger partial charge in [-0.2, -0.15) is 0 Å². The molecule has 0 unspecified atom stereocenters. The predicted molar refractivity (Wildman–Crippen MR) is 156 cm³/mol. The predicted octanol–water partition coefficient (Wildman–Crippen LogP) is 6.25. The van der Waals surface area contributed by atoms with Gasteiger partial charge in [0.1, 0.15) is 0 Å². The van der Waals surface area contributed by atoms with Gasteiger partial charge in [0.05, 0.1) is 22.3 Å². The lowest BCUT2D eigenvalue weighted by atomic mass is 10.1. The van der Waals surface area contributed by atoms with Crippen LogP contribution in [0.4, 0.5) is 0 Å². The summed E-state index contributed by atoms with van der Waals surface area (Å²) < 4.78 is 4.79. The number of fused-ring (bicyclic) bond motifs is 2. The highest BCUT2D eigenvalue weighted by atomic mass is 127. The number of imide groups is 2. The molecule has 2 aromatic rings. The molecule has 0 fully saturated rings. The van der Waals surface area contributed by atoms with E-state index in [9.17, 15) is 19.2 Å². The first-order chi connectivity index (χ1) is 17.5. The SMILES string of the molecule is O=C1c2ccccc2C(=O)N1CCCC/C=C\I.O=C1c2ccccc2C(=O)N1CCCCC#CI. The lowest BCUT2D eigenvalue weighted by Gasteiger charge is -2.12. The second kappa shape index (κ2) is 14.3. The third-order valence-electron chi connectivity index (χ3n) is 5.85. The molecule has 36 heavy (non-hydrogen) atoms. The fourth-order valence-corrected chi connectivity index (χ4v) is 4.64. The zero-order chi connectivity index (χ0) is 25.9. The van der Waals surface area contributed by atoms with Gasteiger partial charge >= 0.3 is 0 Å². The number of halogens is 2. The first kappa shape index (κ1) is 28.1. The first-order valence-corrected chi connectivity index (χ1v) is 14.1. The topological polar surface area (TPSA) is 74.8 Å². The van der Waals surface area contributed by atoms with E-state index in [1.807, 2.05) is 26.7 Å². The van der Waals surface area contributed by atoms with Gasteiger partial charge in [0, 0.05) is 42.1 Å². The molecule has 186 valence electrons. The van der Waals surface area contributed by atoms with E-state index in [0.717, 1.165) is 38.5 Å². The van der Waals surface area contributed by atoms with Crippen molar-refractivity contribution in [1.82, 2.24) is 9.80 Å². The van der Waals surface area contributed by atoms with Gasteiger partial charge in [0.25, 0.3) is 23.6 Å². The second-order valence-electron chi connectivity index (χ2n) is 8.20. The summed E-state index contributed by atoms with van der Waals surface area (Å²) in [5.41, 5.74) is 2.12. The van der Waals surface area contributed by atoms with E-state index in [1.165, 1.54) is 9.80 Å². The third kappa shape index (κ3) is 6.82. The number of unbranched alkanes of at least 4 members (excludes halogenated alkanes) is 4. The van der Waals surface area contributed by atoms with Crippen LogP contribution < -0.4 is 0 Å². The quantitative estimate of drug-likeness (QED) is 0.134. The molecule has 4 rings (SSSR count). The molecule has 0 bridgehead atoms. The Hall–Kier alpha value is -2.52. The van der Waals surface area contributed by atoms with Gasteiger partial charge in [-0.15, -0.1) is 0 Å². The molecule has 0 saturated carbocycles. The number of benzene rings is 2. The second-order valence-corrected chi connectivity index (χ2v) is 9.46. The van der Waals surface area contributed by atoms with E-state index in [0.29, 0.717) is 35.3 Å². The Kier molecular flexibility index (Phi) is 11.1. The van der Waals surface area contributed by atoms with Crippen molar-refractivity contribution in [3.63, 3.8) is 0 Å². The smallest absolute Gasteiger partial charge is 0.261 e. The molecule has 0 radical (unpaired) electrons. The van der Waals surface area contributed by atoms with Gasteiger partial charge in [0.2, 0.25) is 0 Å². The number of carbonyl (C=O) groups excluding carboxylic acids is 4. The van der Waals surface area contributed by atoms with Crippen LogP contribution in [0.15, 0.2) is 58.7 Å². The van der Waals surface area contributed by atoms with E-state index in [2.05, 4.69) is 38.5 Å². The van der Waals surface area contributed by atoms with E-state index in [4.69, 9.17) is 0 Å². The van der Waals surface area contributed by atoms with Crippen LogP contribution in [0, 0.1) is 9.85 Å². The molecule has 2 aromatic carbocycles. The number of allylic oxidation sites excluding steroid dienone is 1. The zero-order valence-electron chi connectivity index (χ0n) is 19.7. The first-order valence-electron chi connectivity index (χ1n) is 11.8. The summed E-state index contributed by atoms with van der Waals surface area (Å²) in [6.45, 7) is 0.997. The molecular weight excluding hydrogens is 682 g/mol. The average Bonchev–Trinajstić information content (AvgIpc) is 3.29. The van der Waals surface area contributed by atoms with Crippen molar-refractivity contribution in [2.75, 3.05) is 13.1 Å². The number of nitrogens with zero attached hydrogens (tertiary/aromatic N) is 2. The maximum atomic E-state index is 12.0. The molecule has 0 N–H and O–H groups in total. The molecule has 8 heteroatoms. The average molecular weight is 708 g/mol. The third-order valence-corrected chi connectivity index (χ3v) is 6.74. The maximum absolute atomic E-state index is 12.0. The van der Waals surface area contributed by atoms with Crippen molar-refractivity contribution >= 4 is 68.8 Å². The van der Waals surface area contributed by atoms with Crippen molar-refractivity contribution < 1.29 is 19.2 Å². The molecule has 0 aromatic heterocycles. The lowest BCUT2D eigenvalue weighted by molar-refractivity contribution is 0.0636. The Morgan fingerprint density at radius 3 is 1.47 bits per heavy atom. The van der Waals surface area contributed by atoms with E-state index in [1.54, 1.807) is 48.5 Å². The number of hydrogen-bond donors (Lipinski definition) is 0. The molecule has 6 nitrogen and oxygen atoms in total. The molecular formula is C28H26I2N2O4. The Balaban J connectivity index is 0.000000201. The fraction of sp³-hybridized carbons (Fsp3) is 0.286. The van der Waals surface area contributed by atoms with Crippen LogP contribution in [-0.4, -0.2) is 46.5 Å². The summed E-state index contributed by atoms with van der Waals surface area (Å²) in [4.78, 5) is 50.7. The Morgan fingerprint density at radius 2 is 1.08 bits per heavy atom. The van der Waals surface area contributed by atoms with Crippen molar-refractivity contribution in [3.05, 3.63) is 80.9 Å². The van der Waals surface area contributed by atoms with Crippen LogP contribution in [0.25, 0.3) is 0 Å². The minimum atomic E-state index is -0.171. The van der Waals surface area contributed by atoms with Crippen LogP contribution in [-0.2, 0) is 0 Å². The number of amides is 4. The van der Waals surface area contributed by atoms with Gasteiger partial charge in [-0.1, -0.05) is 58.9 Å². The maximum Gasteiger partial charge on any atom is 0.261 e. The molecule has 0 spiro atoms. The van der Waals surface area contributed by atoms with E-state index < -0.39 is 0 Å². The highest BCUT2D eigenvalue weighted by Gasteiger charge is 2.35. The summed E-state index contributed by atoms with van der Waals surface area (Å²) in [6, 6.07) is 14.0. The van der Waals surface area contributed by atoms with Crippen LogP contribution in [0.5, 0.6) is 0 Å². The van der Waals surface area contributed by atoms with Crippen LogP contribution >= 0.6 is 45.2 Å². The molecule has 0 atom stereocenters. The van der Waals surface area contributed by atoms with Gasteiger partial charge in [-0.05, 0) is 64.4 Å². The Morgan fingerprint density at radius 1 is 0.667 bits per heavy atom. The molecule has 2 aliphatic heterocycles. The van der Waals surface area contributed by atoms with Crippen LogP contribution in [0.2, 0.25) is 0 Å². The van der Waals surface area contributed by atoms with Crippen molar-refractivity contribution in [2.24, 2.45) is 0 Å². The van der Waals surface area contributed by atoms with E-state index in [-0.39, 0.29) is 23.6 Å². The summed E-state index contributed by atoms with van der Waals surface area (Å²) in [5.74, 6) is 2.31. The van der Waals surface area contributed by atoms with Gasteiger partial charge in [0.15, 0.2) is 0 Å². The molecule has 2 heterocycles. The van der Waals surface area contributed by atoms with Crippen LogP contribution in [0.3, 0.4) is 0 Å². The fourth-order valence-electron chi connectivity index (χ4n) is 4.01. The van der Waals surface area contributed by atoms with Gasteiger partial charge in [-0.3, -0.25) is 29.0 Å². The molecule has 2 aliphatic rings. The minimum absolute atomic E-state index is 0.153. The largest absolute Gasteiger partial charge is 0.274 e. The molecule has 4 amide bonds. The number of rotatable bonds is 9. The van der Waals surface area contributed by atoms with Gasteiger partial charge < -0.3 is 0 Å². The van der Waals surface area contributed by atoms with Crippen LogP contribution in [0.1, 0.15) is 80.0 Å². The van der Waals surface area contributed by atoms with Crippen molar-refractivity contribution in [2.45, 2.75) is 38.5 Å².